The number of hydrogen-bond donors (Lipinski definition) is 0. The molecule has 1 heterocycles. The number of amides is 2. The zero-order valence-corrected chi connectivity index (χ0v) is 13.8. The minimum Gasteiger partial charge on any atom is -0.269 e. The third-order valence-electron chi connectivity index (χ3n) is 4.57. The molecule has 26 heavy (non-hydrogen) atoms. The maximum Gasteiger partial charge on any atom is 0.262 e. The third-order valence-corrected chi connectivity index (χ3v) is 4.57. The fourth-order valence-electron chi connectivity index (χ4n) is 3.38. The summed E-state index contributed by atoms with van der Waals surface area (Å²) >= 11 is 0. The molecule has 4 rings (SSSR count). The topological polar surface area (TPSA) is 61.2 Å². The molecular weight excluding hydrogens is 324 g/mol. The van der Waals surface area contributed by atoms with Crippen LogP contribution in [-0.4, -0.2) is 16.7 Å². The van der Waals surface area contributed by atoms with E-state index in [0.717, 1.165) is 5.56 Å². The SMILES string of the molecule is N#Cc1ccccc1C(c1ccccc1)N1C(=O)c2ccccc2C1=O. The van der Waals surface area contributed by atoms with Crippen molar-refractivity contribution in [3.63, 3.8) is 0 Å². The molecule has 0 aliphatic carbocycles. The van der Waals surface area contributed by atoms with Crippen molar-refractivity contribution in [1.82, 2.24) is 4.90 Å². The summed E-state index contributed by atoms with van der Waals surface area (Å²) in [5.74, 6) is -0.681. The van der Waals surface area contributed by atoms with Gasteiger partial charge in [0.05, 0.1) is 28.8 Å². The van der Waals surface area contributed by atoms with Crippen LogP contribution in [0.3, 0.4) is 0 Å². The van der Waals surface area contributed by atoms with Gasteiger partial charge < -0.3 is 0 Å². The van der Waals surface area contributed by atoms with Gasteiger partial charge in [-0.25, -0.2) is 0 Å². The van der Waals surface area contributed by atoms with Gasteiger partial charge in [0.2, 0.25) is 0 Å². The van der Waals surface area contributed by atoms with E-state index < -0.39 is 6.04 Å². The Balaban J connectivity index is 1.92. The summed E-state index contributed by atoms with van der Waals surface area (Å²) in [5, 5.41) is 9.52. The average Bonchev–Trinajstić information content (AvgIpc) is 2.95. The molecule has 1 aliphatic heterocycles. The number of imide groups is 1. The molecule has 0 spiro atoms. The largest absolute Gasteiger partial charge is 0.269 e. The molecule has 2 amide bonds. The van der Waals surface area contributed by atoms with Gasteiger partial charge >= 0.3 is 0 Å². The fraction of sp³-hybridized carbons (Fsp3) is 0.0455. The average molecular weight is 338 g/mol. The van der Waals surface area contributed by atoms with E-state index >= 15 is 0 Å². The molecule has 1 unspecified atom stereocenters. The second-order valence-electron chi connectivity index (χ2n) is 6.04. The highest BCUT2D eigenvalue weighted by Crippen LogP contribution is 2.36. The second-order valence-corrected chi connectivity index (χ2v) is 6.04. The maximum absolute atomic E-state index is 13.0. The van der Waals surface area contributed by atoms with Crippen LogP contribution in [0, 0.1) is 11.3 Å². The Bertz CT molecular complexity index is 1020. The molecule has 0 saturated carbocycles. The van der Waals surface area contributed by atoms with E-state index in [4.69, 9.17) is 0 Å². The number of carbonyl (C=O) groups is 2. The summed E-state index contributed by atoms with van der Waals surface area (Å²) < 4.78 is 0. The Labute approximate surface area is 150 Å². The van der Waals surface area contributed by atoms with E-state index in [0.29, 0.717) is 22.3 Å². The van der Waals surface area contributed by atoms with Gasteiger partial charge in [-0.3, -0.25) is 14.5 Å². The number of benzene rings is 3. The van der Waals surface area contributed by atoms with Crippen LogP contribution in [0.25, 0.3) is 0 Å². The summed E-state index contributed by atoms with van der Waals surface area (Å²) in [5.41, 5.74) is 2.65. The second kappa shape index (κ2) is 6.30. The molecule has 4 heteroatoms. The van der Waals surface area contributed by atoms with E-state index in [9.17, 15) is 14.9 Å². The quantitative estimate of drug-likeness (QED) is 0.680. The lowest BCUT2D eigenvalue weighted by atomic mass is 9.93. The summed E-state index contributed by atoms with van der Waals surface area (Å²) in [7, 11) is 0. The number of nitrogens with zero attached hydrogens (tertiary/aromatic N) is 2. The van der Waals surface area contributed by atoms with Crippen LogP contribution in [0.15, 0.2) is 78.9 Å². The van der Waals surface area contributed by atoms with Gasteiger partial charge in [-0.2, -0.15) is 5.26 Å². The lowest BCUT2D eigenvalue weighted by molar-refractivity contribution is 0.0608. The van der Waals surface area contributed by atoms with Gasteiger partial charge in [-0.05, 0) is 29.3 Å². The van der Waals surface area contributed by atoms with Gasteiger partial charge in [0.25, 0.3) is 11.8 Å². The van der Waals surface area contributed by atoms with Crippen LogP contribution >= 0.6 is 0 Å². The molecule has 4 nitrogen and oxygen atoms in total. The van der Waals surface area contributed by atoms with Crippen LogP contribution in [0.5, 0.6) is 0 Å². The molecule has 0 bridgehead atoms. The summed E-state index contributed by atoms with van der Waals surface area (Å²) in [6.45, 7) is 0. The van der Waals surface area contributed by atoms with Crippen molar-refractivity contribution in [3.05, 3.63) is 107 Å². The van der Waals surface area contributed by atoms with Gasteiger partial charge in [0.15, 0.2) is 0 Å². The van der Waals surface area contributed by atoms with Crippen molar-refractivity contribution in [1.29, 1.82) is 5.26 Å². The Kier molecular flexibility index (Phi) is 3.83. The first-order valence-electron chi connectivity index (χ1n) is 8.23. The van der Waals surface area contributed by atoms with Crippen molar-refractivity contribution in [2.24, 2.45) is 0 Å². The normalized spacial score (nSPS) is 14.0. The Hall–Kier alpha value is -3.71. The number of fused-ring (bicyclic) bond motifs is 1. The van der Waals surface area contributed by atoms with E-state index in [1.54, 1.807) is 42.5 Å². The summed E-state index contributed by atoms with van der Waals surface area (Å²) in [6.07, 6.45) is 0. The van der Waals surface area contributed by atoms with Crippen LogP contribution in [-0.2, 0) is 0 Å². The summed E-state index contributed by atoms with van der Waals surface area (Å²) in [6, 6.07) is 24.7. The summed E-state index contributed by atoms with van der Waals surface area (Å²) in [4.78, 5) is 27.3. The van der Waals surface area contributed by atoms with Crippen molar-refractivity contribution in [2.45, 2.75) is 6.04 Å². The molecule has 124 valence electrons. The Morgan fingerprint density at radius 2 is 1.27 bits per heavy atom. The van der Waals surface area contributed by atoms with Crippen molar-refractivity contribution < 1.29 is 9.59 Å². The monoisotopic (exact) mass is 338 g/mol. The van der Waals surface area contributed by atoms with Crippen LogP contribution in [0.1, 0.15) is 43.4 Å². The molecule has 0 aromatic heterocycles. The fourth-order valence-corrected chi connectivity index (χ4v) is 3.38. The maximum atomic E-state index is 13.0. The molecule has 1 aliphatic rings. The minimum absolute atomic E-state index is 0.341. The molecule has 3 aromatic rings. The van der Waals surface area contributed by atoms with E-state index in [2.05, 4.69) is 6.07 Å². The predicted octanol–water partition coefficient (Wildman–Crippen LogP) is 3.94. The van der Waals surface area contributed by atoms with Gasteiger partial charge in [-0.1, -0.05) is 60.7 Å². The van der Waals surface area contributed by atoms with E-state index in [-0.39, 0.29) is 11.8 Å². The number of hydrogen-bond acceptors (Lipinski definition) is 3. The van der Waals surface area contributed by atoms with Crippen LogP contribution in [0.4, 0.5) is 0 Å². The molecule has 3 aromatic carbocycles. The number of carbonyl (C=O) groups excluding carboxylic acids is 2. The lowest BCUT2D eigenvalue weighted by Gasteiger charge is -2.27. The molecule has 1 atom stereocenters. The van der Waals surface area contributed by atoms with Gasteiger partial charge in [-0.15, -0.1) is 0 Å². The molecule has 0 radical (unpaired) electrons. The minimum atomic E-state index is -0.653. The van der Waals surface area contributed by atoms with Gasteiger partial charge in [0.1, 0.15) is 0 Å². The highest BCUT2D eigenvalue weighted by atomic mass is 16.2. The van der Waals surface area contributed by atoms with E-state index in [1.807, 2.05) is 36.4 Å². The highest BCUT2D eigenvalue weighted by Gasteiger charge is 2.41. The zero-order valence-electron chi connectivity index (χ0n) is 13.8. The standard InChI is InChI=1S/C22H14N2O2/c23-14-16-10-4-5-11-17(16)20(15-8-2-1-3-9-15)24-21(25)18-12-6-7-13-19(18)22(24)26/h1-13,20H. The van der Waals surface area contributed by atoms with Crippen molar-refractivity contribution in [2.75, 3.05) is 0 Å². The third kappa shape index (κ3) is 2.38. The molecular formula is C22H14N2O2. The first-order chi connectivity index (χ1) is 12.7. The molecule has 0 N–H and O–H groups in total. The Morgan fingerprint density at radius 1 is 0.731 bits per heavy atom. The van der Waals surface area contributed by atoms with Crippen molar-refractivity contribution >= 4 is 11.8 Å². The van der Waals surface area contributed by atoms with Crippen LogP contribution < -0.4 is 0 Å². The number of nitriles is 1. The van der Waals surface area contributed by atoms with E-state index in [1.165, 1.54) is 4.90 Å². The highest BCUT2D eigenvalue weighted by molar-refractivity contribution is 6.21. The van der Waals surface area contributed by atoms with Gasteiger partial charge in [0, 0.05) is 0 Å². The van der Waals surface area contributed by atoms with Crippen molar-refractivity contribution in [3.8, 4) is 6.07 Å². The molecule has 0 saturated heterocycles. The van der Waals surface area contributed by atoms with Crippen LogP contribution in [0.2, 0.25) is 0 Å². The lowest BCUT2D eigenvalue weighted by Crippen LogP contribution is -2.35. The first-order valence-corrected chi connectivity index (χ1v) is 8.23. The predicted molar refractivity (Wildman–Crippen MR) is 96.4 cm³/mol. The Morgan fingerprint density at radius 3 is 1.88 bits per heavy atom. The first kappa shape index (κ1) is 15.8. The molecule has 0 fully saturated rings. The number of rotatable bonds is 3. The zero-order chi connectivity index (χ0) is 18.1. The smallest absolute Gasteiger partial charge is 0.262 e.